The number of aromatic amines is 1. The molecule has 3 rings (SSSR count). The summed E-state index contributed by atoms with van der Waals surface area (Å²) in [6, 6.07) is 8.73. The van der Waals surface area contributed by atoms with Crippen molar-refractivity contribution in [1.82, 2.24) is 19.4 Å². The highest BCUT2D eigenvalue weighted by Gasteiger charge is 2.10. The molecule has 0 atom stereocenters. The number of rotatable bonds is 4. The fraction of sp³-hybridized carbons (Fsp3) is 0.375. The minimum atomic E-state index is 0.530. The predicted molar refractivity (Wildman–Crippen MR) is 90.2 cm³/mol. The molecular weight excluding hydrogens is 280 g/mol. The van der Waals surface area contributed by atoms with E-state index in [1.807, 2.05) is 24.4 Å². The molecule has 5 heteroatoms. The van der Waals surface area contributed by atoms with E-state index in [1.54, 1.807) is 0 Å². The number of aromatic nitrogens is 3. The van der Waals surface area contributed by atoms with Crippen molar-refractivity contribution in [1.29, 1.82) is 0 Å². The number of likely N-dealkylation sites (N-methyl/N-ethyl adjacent to an activating group) is 1. The zero-order chi connectivity index (χ0) is 15.0. The van der Waals surface area contributed by atoms with Crippen molar-refractivity contribution in [2.75, 3.05) is 13.6 Å². The van der Waals surface area contributed by atoms with Crippen molar-refractivity contribution < 1.29 is 0 Å². The normalized spacial score (nSPS) is 12.0. The van der Waals surface area contributed by atoms with Crippen molar-refractivity contribution in [3.8, 4) is 0 Å². The van der Waals surface area contributed by atoms with E-state index >= 15 is 0 Å². The van der Waals surface area contributed by atoms with Gasteiger partial charge in [0.25, 0.3) is 0 Å². The van der Waals surface area contributed by atoms with Crippen LogP contribution in [-0.4, -0.2) is 39.1 Å². The molecule has 0 amide bonds. The zero-order valence-corrected chi connectivity index (χ0v) is 13.4. The SMILES string of the molecule is CC(C)N(C)CCn1c(=S)[nH]c2cnc3ccccc3c21. The van der Waals surface area contributed by atoms with Crippen LogP contribution in [-0.2, 0) is 6.54 Å². The summed E-state index contributed by atoms with van der Waals surface area (Å²) < 4.78 is 2.95. The maximum Gasteiger partial charge on any atom is 0.178 e. The van der Waals surface area contributed by atoms with Gasteiger partial charge in [0.1, 0.15) is 0 Å². The van der Waals surface area contributed by atoms with Gasteiger partial charge in [0.05, 0.1) is 22.7 Å². The molecular formula is C16H20N4S. The number of imidazole rings is 1. The first kappa shape index (κ1) is 14.2. The smallest absolute Gasteiger partial charge is 0.178 e. The Morgan fingerprint density at radius 2 is 2.10 bits per heavy atom. The fourth-order valence-corrected chi connectivity index (χ4v) is 2.82. The maximum atomic E-state index is 5.49. The molecule has 1 N–H and O–H groups in total. The molecule has 2 aromatic heterocycles. The Balaban J connectivity index is 2.11. The predicted octanol–water partition coefficient (Wildman–Crippen LogP) is 3.59. The molecule has 0 unspecified atom stereocenters. The molecule has 110 valence electrons. The van der Waals surface area contributed by atoms with Crippen LogP contribution in [0.4, 0.5) is 0 Å². The number of benzene rings is 1. The summed E-state index contributed by atoms with van der Waals surface area (Å²) in [5, 5.41) is 1.15. The lowest BCUT2D eigenvalue weighted by molar-refractivity contribution is 0.264. The Morgan fingerprint density at radius 1 is 1.33 bits per heavy atom. The molecule has 3 aromatic rings. The fourth-order valence-electron chi connectivity index (χ4n) is 2.52. The third-order valence-corrected chi connectivity index (χ3v) is 4.38. The molecule has 0 aliphatic heterocycles. The summed E-state index contributed by atoms with van der Waals surface area (Å²) in [6.07, 6.45) is 1.87. The van der Waals surface area contributed by atoms with E-state index in [0.29, 0.717) is 6.04 Å². The van der Waals surface area contributed by atoms with Gasteiger partial charge in [-0.2, -0.15) is 0 Å². The first-order chi connectivity index (χ1) is 10.1. The number of fused-ring (bicyclic) bond motifs is 3. The molecule has 21 heavy (non-hydrogen) atoms. The Kier molecular flexibility index (Phi) is 3.78. The van der Waals surface area contributed by atoms with E-state index in [1.165, 1.54) is 0 Å². The Hall–Kier alpha value is -1.72. The van der Waals surface area contributed by atoms with Crippen LogP contribution >= 0.6 is 12.2 Å². The highest BCUT2D eigenvalue weighted by molar-refractivity contribution is 7.71. The number of nitrogens with one attached hydrogen (secondary N) is 1. The number of pyridine rings is 1. The number of nitrogens with zero attached hydrogens (tertiary/aromatic N) is 3. The highest BCUT2D eigenvalue weighted by atomic mass is 32.1. The highest BCUT2D eigenvalue weighted by Crippen LogP contribution is 2.23. The van der Waals surface area contributed by atoms with Crippen LogP contribution in [0.2, 0.25) is 0 Å². The third-order valence-electron chi connectivity index (χ3n) is 4.06. The van der Waals surface area contributed by atoms with Crippen molar-refractivity contribution in [2.45, 2.75) is 26.4 Å². The Morgan fingerprint density at radius 3 is 2.86 bits per heavy atom. The second-order valence-electron chi connectivity index (χ2n) is 5.69. The van der Waals surface area contributed by atoms with Crippen LogP contribution in [0.3, 0.4) is 0 Å². The molecule has 4 nitrogen and oxygen atoms in total. The van der Waals surface area contributed by atoms with Crippen LogP contribution in [0.1, 0.15) is 13.8 Å². The lowest BCUT2D eigenvalue weighted by Crippen LogP contribution is -2.29. The first-order valence-corrected chi connectivity index (χ1v) is 7.65. The minimum Gasteiger partial charge on any atom is -0.329 e. The van der Waals surface area contributed by atoms with Gasteiger partial charge < -0.3 is 14.5 Å². The van der Waals surface area contributed by atoms with Gasteiger partial charge in [-0.05, 0) is 39.2 Å². The van der Waals surface area contributed by atoms with Gasteiger partial charge in [0, 0.05) is 24.5 Å². The molecule has 0 fully saturated rings. The van der Waals surface area contributed by atoms with E-state index in [2.05, 4.69) is 46.4 Å². The average molecular weight is 300 g/mol. The van der Waals surface area contributed by atoms with E-state index in [0.717, 1.165) is 39.8 Å². The maximum absolute atomic E-state index is 5.49. The minimum absolute atomic E-state index is 0.530. The van der Waals surface area contributed by atoms with E-state index in [9.17, 15) is 0 Å². The molecule has 0 aliphatic rings. The van der Waals surface area contributed by atoms with E-state index in [-0.39, 0.29) is 0 Å². The van der Waals surface area contributed by atoms with Crippen molar-refractivity contribution in [3.63, 3.8) is 0 Å². The van der Waals surface area contributed by atoms with Crippen LogP contribution in [0.25, 0.3) is 21.9 Å². The van der Waals surface area contributed by atoms with Gasteiger partial charge in [0.2, 0.25) is 0 Å². The largest absolute Gasteiger partial charge is 0.329 e. The summed E-state index contributed by atoms with van der Waals surface area (Å²) in [5.74, 6) is 0. The molecule has 0 aliphatic carbocycles. The monoisotopic (exact) mass is 300 g/mol. The van der Waals surface area contributed by atoms with E-state index in [4.69, 9.17) is 12.2 Å². The number of para-hydroxylation sites is 1. The second kappa shape index (κ2) is 5.58. The van der Waals surface area contributed by atoms with Gasteiger partial charge in [-0.3, -0.25) is 4.98 Å². The summed E-state index contributed by atoms with van der Waals surface area (Å²) in [6.45, 7) is 6.25. The summed E-state index contributed by atoms with van der Waals surface area (Å²) >= 11 is 5.49. The Labute approximate surface area is 129 Å². The van der Waals surface area contributed by atoms with E-state index < -0.39 is 0 Å². The molecule has 0 bridgehead atoms. The average Bonchev–Trinajstić information content (AvgIpc) is 2.80. The van der Waals surface area contributed by atoms with Crippen molar-refractivity contribution in [3.05, 3.63) is 35.2 Å². The second-order valence-corrected chi connectivity index (χ2v) is 6.08. The molecule has 0 radical (unpaired) electrons. The van der Waals surface area contributed by atoms with Gasteiger partial charge in [-0.25, -0.2) is 0 Å². The van der Waals surface area contributed by atoms with Crippen LogP contribution in [0, 0.1) is 4.77 Å². The lowest BCUT2D eigenvalue weighted by atomic mass is 10.2. The van der Waals surface area contributed by atoms with Gasteiger partial charge in [-0.1, -0.05) is 18.2 Å². The van der Waals surface area contributed by atoms with Crippen molar-refractivity contribution >= 4 is 34.2 Å². The standard InChI is InChI=1S/C16H20N4S/c1-11(2)19(3)8-9-20-15-12-6-4-5-7-13(12)17-10-14(15)18-16(20)21/h4-7,10-11H,8-9H2,1-3H3,(H,18,21). The molecule has 0 saturated heterocycles. The summed E-state index contributed by atoms with van der Waals surface area (Å²) in [4.78, 5) is 10.1. The lowest BCUT2D eigenvalue weighted by Gasteiger charge is -2.21. The van der Waals surface area contributed by atoms with Crippen LogP contribution in [0.15, 0.2) is 30.5 Å². The molecule has 0 saturated carbocycles. The number of hydrogen-bond donors (Lipinski definition) is 1. The van der Waals surface area contributed by atoms with Gasteiger partial charge in [0.15, 0.2) is 4.77 Å². The number of H-pyrrole nitrogens is 1. The topological polar surface area (TPSA) is 36.9 Å². The zero-order valence-electron chi connectivity index (χ0n) is 12.6. The molecule has 0 spiro atoms. The third kappa shape index (κ3) is 2.59. The van der Waals surface area contributed by atoms with Gasteiger partial charge >= 0.3 is 0 Å². The quantitative estimate of drug-likeness (QED) is 0.748. The number of hydrogen-bond acceptors (Lipinski definition) is 3. The summed E-state index contributed by atoms with van der Waals surface area (Å²) in [7, 11) is 2.14. The molecule has 1 aromatic carbocycles. The van der Waals surface area contributed by atoms with Crippen molar-refractivity contribution in [2.24, 2.45) is 0 Å². The molecule has 2 heterocycles. The van der Waals surface area contributed by atoms with Gasteiger partial charge in [-0.15, -0.1) is 0 Å². The Bertz CT molecular complexity index is 831. The van der Waals surface area contributed by atoms with Crippen LogP contribution in [0.5, 0.6) is 0 Å². The summed E-state index contributed by atoms with van der Waals surface area (Å²) in [5.41, 5.74) is 3.17. The first-order valence-electron chi connectivity index (χ1n) is 7.24. The van der Waals surface area contributed by atoms with Crippen LogP contribution < -0.4 is 0 Å².